The Balaban J connectivity index is 2.76. The molecule has 0 heterocycles. The van der Waals surface area contributed by atoms with Crippen LogP contribution in [0.5, 0.6) is 0 Å². The summed E-state index contributed by atoms with van der Waals surface area (Å²) in [6.07, 6.45) is 0. The van der Waals surface area contributed by atoms with E-state index in [2.05, 4.69) is 51.2 Å². The second-order valence-corrected chi connectivity index (χ2v) is 5.25. The Bertz CT molecular complexity index is 339. The lowest BCUT2D eigenvalue weighted by atomic mass is 9.85. The van der Waals surface area contributed by atoms with E-state index in [9.17, 15) is 0 Å². The highest BCUT2D eigenvalue weighted by atomic mass is 16.5. The highest BCUT2D eigenvalue weighted by Crippen LogP contribution is 2.24. The fourth-order valence-electron chi connectivity index (χ4n) is 1.65. The van der Waals surface area contributed by atoms with E-state index in [1.165, 1.54) is 16.7 Å². The maximum atomic E-state index is 4.97. The van der Waals surface area contributed by atoms with E-state index in [4.69, 9.17) is 4.74 Å². The zero-order valence-electron chi connectivity index (χ0n) is 11.1. The Hall–Kier alpha value is -0.860. The number of rotatable bonds is 4. The van der Waals surface area contributed by atoms with Crippen LogP contribution in [0.1, 0.15) is 37.5 Å². The molecule has 1 N–H and O–H groups in total. The summed E-state index contributed by atoms with van der Waals surface area (Å²) in [6, 6.07) is 6.71. The summed E-state index contributed by atoms with van der Waals surface area (Å²) in [5, 5.41) is 3.23. The first-order valence-corrected chi connectivity index (χ1v) is 5.75. The van der Waals surface area contributed by atoms with Crippen molar-refractivity contribution >= 4 is 0 Å². The minimum atomic E-state index is 0.225. The van der Waals surface area contributed by atoms with E-state index in [0.717, 1.165) is 6.54 Å². The molecule has 16 heavy (non-hydrogen) atoms. The summed E-state index contributed by atoms with van der Waals surface area (Å²) in [5.41, 5.74) is 4.30. The smallest absolute Gasteiger partial charge is 0.0964 e. The summed E-state index contributed by atoms with van der Waals surface area (Å²) in [4.78, 5) is 0. The normalized spacial score (nSPS) is 11.8. The van der Waals surface area contributed by atoms with Crippen molar-refractivity contribution in [1.29, 1.82) is 0 Å². The number of hydrogen-bond donors (Lipinski definition) is 1. The fraction of sp³-hybridized carbons (Fsp3) is 0.571. The summed E-state index contributed by atoms with van der Waals surface area (Å²) >= 11 is 0. The lowest BCUT2D eigenvalue weighted by Crippen LogP contribution is -2.17. The average Bonchev–Trinajstić information content (AvgIpc) is 2.19. The SMILES string of the molecule is COCNCc1ccc(C(C)(C)C)cc1C. The van der Waals surface area contributed by atoms with Crippen molar-refractivity contribution in [2.24, 2.45) is 0 Å². The molecule has 0 saturated carbocycles. The Morgan fingerprint density at radius 2 is 1.94 bits per heavy atom. The summed E-state index contributed by atoms with van der Waals surface area (Å²) in [7, 11) is 1.70. The summed E-state index contributed by atoms with van der Waals surface area (Å²) in [6.45, 7) is 10.4. The van der Waals surface area contributed by atoms with E-state index < -0.39 is 0 Å². The van der Waals surface area contributed by atoms with Gasteiger partial charge in [-0.15, -0.1) is 0 Å². The zero-order valence-corrected chi connectivity index (χ0v) is 11.1. The van der Waals surface area contributed by atoms with Crippen LogP contribution in [-0.4, -0.2) is 13.8 Å². The van der Waals surface area contributed by atoms with E-state index in [-0.39, 0.29) is 5.41 Å². The third-order valence-corrected chi connectivity index (χ3v) is 2.77. The van der Waals surface area contributed by atoms with Crippen molar-refractivity contribution < 1.29 is 4.74 Å². The van der Waals surface area contributed by atoms with Crippen molar-refractivity contribution in [3.05, 3.63) is 34.9 Å². The van der Waals surface area contributed by atoms with Gasteiger partial charge in [-0.1, -0.05) is 39.0 Å². The highest BCUT2D eigenvalue weighted by molar-refractivity contribution is 5.34. The second-order valence-electron chi connectivity index (χ2n) is 5.25. The molecule has 0 spiro atoms. The number of nitrogens with one attached hydrogen (secondary N) is 1. The van der Waals surface area contributed by atoms with Gasteiger partial charge in [-0.25, -0.2) is 0 Å². The van der Waals surface area contributed by atoms with Crippen LogP contribution in [0.4, 0.5) is 0 Å². The van der Waals surface area contributed by atoms with Crippen molar-refractivity contribution in [3.8, 4) is 0 Å². The summed E-state index contributed by atoms with van der Waals surface area (Å²) < 4.78 is 4.97. The summed E-state index contributed by atoms with van der Waals surface area (Å²) in [5.74, 6) is 0. The molecule has 0 unspecified atom stereocenters. The molecule has 0 bridgehead atoms. The number of hydrogen-bond acceptors (Lipinski definition) is 2. The van der Waals surface area contributed by atoms with Crippen LogP contribution in [0, 0.1) is 6.92 Å². The average molecular weight is 221 g/mol. The maximum Gasteiger partial charge on any atom is 0.0964 e. The van der Waals surface area contributed by atoms with Crippen LogP contribution < -0.4 is 5.32 Å². The number of aryl methyl sites for hydroxylation is 1. The molecule has 0 radical (unpaired) electrons. The van der Waals surface area contributed by atoms with Crippen LogP contribution >= 0.6 is 0 Å². The molecule has 2 heteroatoms. The van der Waals surface area contributed by atoms with Gasteiger partial charge in [0.05, 0.1) is 6.73 Å². The Morgan fingerprint density at radius 1 is 1.25 bits per heavy atom. The Morgan fingerprint density at radius 3 is 2.44 bits per heavy atom. The maximum absolute atomic E-state index is 4.97. The van der Waals surface area contributed by atoms with Crippen molar-refractivity contribution in [2.45, 2.75) is 39.7 Å². The minimum Gasteiger partial charge on any atom is -0.370 e. The van der Waals surface area contributed by atoms with Crippen molar-refractivity contribution in [1.82, 2.24) is 5.32 Å². The van der Waals surface area contributed by atoms with Gasteiger partial charge in [0.1, 0.15) is 0 Å². The molecule has 2 nitrogen and oxygen atoms in total. The predicted molar refractivity (Wildman–Crippen MR) is 68.6 cm³/mol. The van der Waals surface area contributed by atoms with Gasteiger partial charge in [0, 0.05) is 13.7 Å². The quantitative estimate of drug-likeness (QED) is 0.623. The minimum absolute atomic E-state index is 0.225. The molecule has 0 saturated heterocycles. The van der Waals surface area contributed by atoms with Crippen molar-refractivity contribution in [2.75, 3.05) is 13.8 Å². The fourth-order valence-corrected chi connectivity index (χ4v) is 1.65. The molecule has 1 rings (SSSR count). The van der Waals surface area contributed by atoms with Crippen LogP contribution in [0.25, 0.3) is 0 Å². The third-order valence-electron chi connectivity index (χ3n) is 2.77. The number of benzene rings is 1. The molecule has 0 atom stereocenters. The van der Waals surface area contributed by atoms with Crippen LogP contribution in [0.15, 0.2) is 18.2 Å². The highest BCUT2D eigenvalue weighted by Gasteiger charge is 2.14. The van der Waals surface area contributed by atoms with Gasteiger partial charge >= 0.3 is 0 Å². The van der Waals surface area contributed by atoms with Gasteiger partial charge in [-0.05, 0) is 29.0 Å². The third kappa shape index (κ3) is 3.62. The topological polar surface area (TPSA) is 21.3 Å². The molecule has 1 aromatic carbocycles. The van der Waals surface area contributed by atoms with Gasteiger partial charge in [0.2, 0.25) is 0 Å². The van der Waals surface area contributed by atoms with Gasteiger partial charge in [0.15, 0.2) is 0 Å². The predicted octanol–water partition coefficient (Wildman–Crippen LogP) is 2.99. The van der Waals surface area contributed by atoms with E-state index in [1.807, 2.05) is 0 Å². The van der Waals surface area contributed by atoms with E-state index in [0.29, 0.717) is 6.73 Å². The van der Waals surface area contributed by atoms with Crippen LogP contribution in [0.3, 0.4) is 0 Å². The molecule has 0 fully saturated rings. The largest absolute Gasteiger partial charge is 0.370 e. The van der Waals surface area contributed by atoms with Gasteiger partial charge in [0.25, 0.3) is 0 Å². The monoisotopic (exact) mass is 221 g/mol. The first-order valence-electron chi connectivity index (χ1n) is 5.75. The Kier molecular flexibility index (Phi) is 4.51. The zero-order chi connectivity index (χ0) is 12.2. The number of methoxy groups -OCH3 is 1. The van der Waals surface area contributed by atoms with Crippen molar-refractivity contribution in [3.63, 3.8) is 0 Å². The Labute approximate surface area is 99.0 Å². The van der Waals surface area contributed by atoms with E-state index in [1.54, 1.807) is 7.11 Å². The molecule has 0 aliphatic rings. The lowest BCUT2D eigenvalue weighted by Gasteiger charge is -2.20. The number of ether oxygens (including phenoxy) is 1. The molecular weight excluding hydrogens is 198 g/mol. The first-order chi connectivity index (χ1) is 7.45. The lowest BCUT2D eigenvalue weighted by molar-refractivity contribution is 0.174. The standard InChI is InChI=1S/C14H23NO/c1-11-8-13(14(2,3)4)7-6-12(11)9-15-10-16-5/h6-8,15H,9-10H2,1-5H3. The first kappa shape index (κ1) is 13.2. The van der Waals surface area contributed by atoms with Crippen LogP contribution in [0.2, 0.25) is 0 Å². The van der Waals surface area contributed by atoms with Gasteiger partial charge < -0.3 is 4.74 Å². The molecule has 0 amide bonds. The van der Waals surface area contributed by atoms with E-state index >= 15 is 0 Å². The molecule has 0 aliphatic carbocycles. The van der Waals surface area contributed by atoms with Gasteiger partial charge in [-0.3, -0.25) is 5.32 Å². The van der Waals surface area contributed by atoms with Crippen LogP contribution in [-0.2, 0) is 16.7 Å². The molecular formula is C14H23NO. The molecule has 90 valence electrons. The molecule has 1 aromatic rings. The molecule has 0 aliphatic heterocycles. The van der Waals surface area contributed by atoms with Gasteiger partial charge in [-0.2, -0.15) is 0 Å². The second kappa shape index (κ2) is 5.46. The molecule has 0 aromatic heterocycles.